The first-order chi connectivity index (χ1) is 15.2. The number of piperidine rings is 1. The molecule has 4 rings (SSSR count). The highest BCUT2D eigenvalue weighted by Crippen LogP contribution is 2.30. The number of fused-ring (bicyclic) bond motifs is 1. The maximum Gasteiger partial charge on any atom is 0.243 e. The van der Waals surface area contributed by atoms with Crippen molar-refractivity contribution in [3.05, 3.63) is 65.9 Å². The number of nitrogens with zero attached hydrogens (tertiary/aromatic N) is 4. The quantitative estimate of drug-likeness (QED) is 0.664. The number of para-hydroxylation sites is 2. The van der Waals surface area contributed by atoms with Gasteiger partial charge in [-0.1, -0.05) is 49.4 Å². The molecule has 1 atom stereocenters. The summed E-state index contributed by atoms with van der Waals surface area (Å²) < 4.78 is 0. The molecule has 1 N–H and O–H groups in total. The molecule has 0 bridgehead atoms. The van der Waals surface area contributed by atoms with Gasteiger partial charge in [0.2, 0.25) is 5.91 Å². The zero-order valence-corrected chi connectivity index (χ0v) is 17.8. The van der Waals surface area contributed by atoms with Crippen LogP contribution in [0.2, 0.25) is 0 Å². The van der Waals surface area contributed by atoms with E-state index in [9.17, 15) is 10.1 Å². The van der Waals surface area contributed by atoms with Gasteiger partial charge in [0.15, 0.2) is 11.7 Å². The Morgan fingerprint density at radius 1 is 1.10 bits per heavy atom. The number of anilines is 1. The van der Waals surface area contributed by atoms with Crippen LogP contribution < -0.4 is 10.2 Å². The number of aromatic nitrogens is 2. The lowest BCUT2D eigenvalue weighted by Gasteiger charge is -2.32. The van der Waals surface area contributed by atoms with Crippen LogP contribution in [0.25, 0.3) is 11.0 Å². The molecule has 1 aromatic heterocycles. The number of carbonyl (C=O) groups is 1. The van der Waals surface area contributed by atoms with Crippen LogP contribution in [-0.2, 0) is 11.2 Å². The zero-order chi connectivity index (χ0) is 21.6. The van der Waals surface area contributed by atoms with Gasteiger partial charge in [-0.15, -0.1) is 0 Å². The van der Waals surface area contributed by atoms with E-state index >= 15 is 0 Å². The number of hydrogen-bond donors (Lipinski definition) is 1. The second-order valence-electron chi connectivity index (χ2n) is 8.18. The van der Waals surface area contributed by atoms with Crippen molar-refractivity contribution in [2.24, 2.45) is 5.92 Å². The van der Waals surface area contributed by atoms with E-state index in [1.54, 1.807) is 0 Å². The van der Waals surface area contributed by atoms with E-state index in [0.717, 1.165) is 37.0 Å². The van der Waals surface area contributed by atoms with Crippen LogP contribution in [0.5, 0.6) is 0 Å². The fourth-order valence-corrected chi connectivity index (χ4v) is 3.97. The van der Waals surface area contributed by atoms with Crippen LogP contribution >= 0.6 is 0 Å². The summed E-state index contributed by atoms with van der Waals surface area (Å²) in [5.41, 5.74) is 3.07. The van der Waals surface area contributed by atoms with Crippen LogP contribution in [0.15, 0.2) is 54.6 Å². The highest BCUT2D eigenvalue weighted by molar-refractivity contribution is 5.88. The molecule has 0 radical (unpaired) electrons. The molecule has 1 aliphatic heterocycles. The molecule has 1 aliphatic rings. The molecule has 1 fully saturated rings. The summed E-state index contributed by atoms with van der Waals surface area (Å²) in [5.74, 6) is 0.00777. The molecule has 2 aromatic carbocycles. The molecule has 1 unspecified atom stereocenters. The number of nitrogens with one attached hydrogen (secondary N) is 1. The highest BCUT2D eigenvalue weighted by Gasteiger charge is 2.29. The Kier molecular flexibility index (Phi) is 6.42. The van der Waals surface area contributed by atoms with Crippen molar-refractivity contribution >= 4 is 22.8 Å². The molecule has 31 heavy (non-hydrogen) atoms. The fraction of sp³-hybridized carbons (Fsp3) is 0.360. The summed E-state index contributed by atoms with van der Waals surface area (Å²) >= 11 is 0. The predicted octanol–water partition coefficient (Wildman–Crippen LogP) is 3.83. The van der Waals surface area contributed by atoms with Crippen LogP contribution in [0.1, 0.15) is 36.9 Å². The van der Waals surface area contributed by atoms with E-state index in [0.29, 0.717) is 35.9 Å². The van der Waals surface area contributed by atoms with E-state index in [4.69, 9.17) is 9.97 Å². The molecular formula is C25H27N5O. The normalized spacial score (nSPS) is 15.4. The van der Waals surface area contributed by atoms with Gasteiger partial charge in [0.1, 0.15) is 5.69 Å². The lowest BCUT2D eigenvalue weighted by Crippen LogP contribution is -2.36. The molecule has 1 saturated heterocycles. The van der Waals surface area contributed by atoms with Gasteiger partial charge in [0.25, 0.3) is 0 Å². The standard InChI is InChI=1S/C25H27N5O/c1-18-12-15-30(16-13-18)24-23(28-21-9-5-6-10-22(21)29-24)20(17-26)25(31)27-14-11-19-7-3-2-4-8-19/h2-10,18,20H,11-16H2,1H3,(H,27,31). The SMILES string of the molecule is CC1CCN(c2nc3ccccc3nc2C(C#N)C(=O)NCCc2ccccc2)CC1. The third-order valence-corrected chi connectivity index (χ3v) is 5.88. The maximum absolute atomic E-state index is 13.0. The third-order valence-electron chi connectivity index (χ3n) is 5.88. The largest absolute Gasteiger partial charge is 0.355 e. The first kappa shape index (κ1) is 20.8. The number of nitriles is 1. The highest BCUT2D eigenvalue weighted by atomic mass is 16.1. The first-order valence-electron chi connectivity index (χ1n) is 10.9. The fourth-order valence-electron chi connectivity index (χ4n) is 3.97. The number of rotatable bonds is 6. The Balaban J connectivity index is 1.59. The summed E-state index contributed by atoms with van der Waals surface area (Å²) in [6, 6.07) is 19.8. The van der Waals surface area contributed by atoms with Crippen molar-refractivity contribution in [1.82, 2.24) is 15.3 Å². The molecule has 1 amide bonds. The molecule has 2 heterocycles. The smallest absolute Gasteiger partial charge is 0.243 e. The monoisotopic (exact) mass is 413 g/mol. The summed E-state index contributed by atoms with van der Waals surface area (Å²) in [6.07, 6.45) is 2.84. The number of benzene rings is 2. The van der Waals surface area contributed by atoms with Gasteiger partial charge in [-0.3, -0.25) is 4.79 Å². The summed E-state index contributed by atoms with van der Waals surface area (Å²) in [7, 11) is 0. The Hall–Kier alpha value is -3.46. The molecule has 6 nitrogen and oxygen atoms in total. The third kappa shape index (κ3) is 4.83. The van der Waals surface area contributed by atoms with Crippen molar-refractivity contribution in [2.75, 3.05) is 24.5 Å². The van der Waals surface area contributed by atoms with Gasteiger partial charge in [-0.25, -0.2) is 9.97 Å². The second kappa shape index (κ2) is 9.57. The molecule has 158 valence electrons. The van der Waals surface area contributed by atoms with E-state index < -0.39 is 5.92 Å². The summed E-state index contributed by atoms with van der Waals surface area (Å²) in [4.78, 5) is 24.7. The molecule has 0 spiro atoms. The molecule has 6 heteroatoms. The summed E-state index contributed by atoms with van der Waals surface area (Å²) in [6.45, 7) is 4.44. The minimum Gasteiger partial charge on any atom is -0.355 e. The van der Waals surface area contributed by atoms with Gasteiger partial charge in [0, 0.05) is 19.6 Å². The molecule has 3 aromatic rings. The van der Waals surface area contributed by atoms with Crippen LogP contribution in [0.4, 0.5) is 5.82 Å². The van der Waals surface area contributed by atoms with Gasteiger partial charge < -0.3 is 10.2 Å². The van der Waals surface area contributed by atoms with Gasteiger partial charge >= 0.3 is 0 Å². The average Bonchev–Trinajstić information content (AvgIpc) is 2.80. The van der Waals surface area contributed by atoms with E-state index in [1.165, 1.54) is 0 Å². The van der Waals surface area contributed by atoms with Gasteiger partial charge in [-0.05, 0) is 42.9 Å². The zero-order valence-electron chi connectivity index (χ0n) is 17.8. The maximum atomic E-state index is 13.0. The Labute approximate surface area is 182 Å². The van der Waals surface area contributed by atoms with Gasteiger partial charge in [-0.2, -0.15) is 5.26 Å². The number of hydrogen-bond acceptors (Lipinski definition) is 5. The predicted molar refractivity (Wildman–Crippen MR) is 122 cm³/mol. The minimum atomic E-state index is -0.998. The van der Waals surface area contributed by atoms with Gasteiger partial charge in [0.05, 0.1) is 17.1 Å². The van der Waals surface area contributed by atoms with E-state index in [-0.39, 0.29) is 5.91 Å². The van der Waals surface area contributed by atoms with Crippen molar-refractivity contribution < 1.29 is 4.79 Å². The topological polar surface area (TPSA) is 81.9 Å². The van der Waals surface area contributed by atoms with E-state index in [1.807, 2.05) is 54.6 Å². The minimum absolute atomic E-state index is 0.324. The van der Waals surface area contributed by atoms with E-state index in [2.05, 4.69) is 23.2 Å². The molecule has 0 saturated carbocycles. The lowest BCUT2D eigenvalue weighted by molar-refractivity contribution is -0.121. The number of carbonyl (C=O) groups excluding carboxylic acids is 1. The van der Waals surface area contributed by atoms with Crippen molar-refractivity contribution in [3.63, 3.8) is 0 Å². The Bertz CT molecular complexity index is 1080. The lowest BCUT2D eigenvalue weighted by atomic mass is 9.98. The second-order valence-corrected chi connectivity index (χ2v) is 8.18. The Morgan fingerprint density at radius 3 is 2.42 bits per heavy atom. The van der Waals surface area contributed by atoms with Crippen molar-refractivity contribution in [1.29, 1.82) is 5.26 Å². The average molecular weight is 414 g/mol. The van der Waals surface area contributed by atoms with Crippen LogP contribution in [0, 0.1) is 17.2 Å². The molecular weight excluding hydrogens is 386 g/mol. The Morgan fingerprint density at radius 2 is 1.74 bits per heavy atom. The van der Waals surface area contributed by atoms with Crippen LogP contribution in [-0.4, -0.2) is 35.5 Å². The molecule has 0 aliphatic carbocycles. The van der Waals surface area contributed by atoms with Crippen molar-refractivity contribution in [2.45, 2.75) is 32.1 Å². The first-order valence-corrected chi connectivity index (χ1v) is 10.9. The van der Waals surface area contributed by atoms with Crippen LogP contribution in [0.3, 0.4) is 0 Å². The summed E-state index contributed by atoms with van der Waals surface area (Å²) in [5, 5.41) is 12.8. The number of amides is 1. The van der Waals surface area contributed by atoms with Crippen molar-refractivity contribution in [3.8, 4) is 6.07 Å².